The molecule has 0 atom stereocenters. The number of aryl methyl sites for hydroxylation is 2. The molecule has 24 heavy (non-hydrogen) atoms. The Labute approximate surface area is 138 Å². The van der Waals surface area contributed by atoms with Gasteiger partial charge in [-0.1, -0.05) is 19.1 Å². The maximum absolute atomic E-state index is 12.6. The Morgan fingerprint density at radius 3 is 2.38 bits per heavy atom. The van der Waals surface area contributed by atoms with Gasteiger partial charge in [-0.2, -0.15) is 0 Å². The number of anilines is 1. The Hall–Kier alpha value is -3.15. The Balaban J connectivity index is 1.97. The van der Waals surface area contributed by atoms with E-state index < -0.39 is 17.8 Å². The van der Waals surface area contributed by atoms with Crippen molar-refractivity contribution in [2.75, 3.05) is 4.90 Å². The monoisotopic (exact) mass is 324 g/mol. The van der Waals surface area contributed by atoms with Crippen LogP contribution in [-0.2, 0) is 16.0 Å². The van der Waals surface area contributed by atoms with E-state index in [4.69, 9.17) is 4.42 Å². The average Bonchev–Trinajstić information content (AvgIpc) is 2.97. The number of urea groups is 1. The van der Waals surface area contributed by atoms with Crippen LogP contribution in [0.25, 0.3) is 6.08 Å². The number of hydrogen-bond acceptors (Lipinski definition) is 4. The number of imide groups is 2. The first-order valence-electron chi connectivity index (χ1n) is 7.56. The molecule has 2 heterocycles. The third-order valence-electron chi connectivity index (χ3n) is 3.75. The van der Waals surface area contributed by atoms with Crippen LogP contribution in [0.4, 0.5) is 10.5 Å². The fourth-order valence-corrected chi connectivity index (χ4v) is 2.45. The molecule has 1 aliphatic rings. The molecule has 0 spiro atoms. The Bertz CT molecular complexity index is 846. The fraction of sp³-hybridized carbons (Fsp3) is 0.167. The topological polar surface area (TPSA) is 79.6 Å². The Morgan fingerprint density at radius 2 is 1.79 bits per heavy atom. The van der Waals surface area contributed by atoms with E-state index >= 15 is 0 Å². The van der Waals surface area contributed by atoms with Gasteiger partial charge in [0.05, 0.1) is 5.69 Å². The second-order valence-electron chi connectivity index (χ2n) is 5.43. The van der Waals surface area contributed by atoms with E-state index in [1.807, 2.05) is 19.1 Å². The van der Waals surface area contributed by atoms with E-state index in [0.717, 1.165) is 16.9 Å². The Kier molecular flexibility index (Phi) is 4.04. The molecule has 1 N–H and O–H groups in total. The summed E-state index contributed by atoms with van der Waals surface area (Å²) in [5.41, 5.74) is 1.34. The van der Waals surface area contributed by atoms with Crippen molar-refractivity contribution in [3.8, 4) is 0 Å². The lowest BCUT2D eigenvalue weighted by Gasteiger charge is -2.26. The molecule has 122 valence electrons. The minimum absolute atomic E-state index is 0.150. The summed E-state index contributed by atoms with van der Waals surface area (Å²) in [7, 11) is 0. The summed E-state index contributed by atoms with van der Waals surface area (Å²) in [5.74, 6) is -0.377. The fourth-order valence-electron chi connectivity index (χ4n) is 2.45. The predicted molar refractivity (Wildman–Crippen MR) is 88.3 cm³/mol. The maximum Gasteiger partial charge on any atom is 0.335 e. The standard InChI is InChI=1S/C18H16N2O4/c1-3-12-5-7-13(8-6-12)20-17(22)15(16(21)19-18(20)23)10-14-9-4-11(2)24-14/h4-10H,3H2,1-2H3,(H,19,21,23). The molecular formula is C18H16N2O4. The molecule has 4 amide bonds. The zero-order chi connectivity index (χ0) is 17.3. The first kappa shape index (κ1) is 15.7. The molecule has 3 rings (SSSR count). The van der Waals surface area contributed by atoms with Gasteiger partial charge in [-0.15, -0.1) is 0 Å². The van der Waals surface area contributed by atoms with Crippen LogP contribution in [0, 0.1) is 6.92 Å². The van der Waals surface area contributed by atoms with E-state index in [2.05, 4.69) is 5.32 Å². The Morgan fingerprint density at radius 1 is 1.08 bits per heavy atom. The van der Waals surface area contributed by atoms with Crippen LogP contribution in [0.2, 0.25) is 0 Å². The van der Waals surface area contributed by atoms with Gasteiger partial charge in [0.25, 0.3) is 11.8 Å². The second-order valence-corrected chi connectivity index (χ2v) is 5.43. The predicted octanol–water partition coefficient (Wildman–Crippen LogP) is 2.82. The first-order valence-corrected chi connectivity index (χ1v) is 7.56. The number of rotatable bonds is 3. The number of carbonyl (C=O) groups excluding carboxylic acids is 3. The van der Waals surface area contributed by atoms with E-state index in [-0.39, 0.29) is 5.57 Å². The molecule has 1 fully saturated rings. The summed E-state index contributed by atoms with van der Waals surface area (Å²) < 4.78 is 5.37. The number of barbiturate groups is 1. The molecular weight excluding hydrogens is 308 g/mol. The molecule has 0 radical (unpaired) electrons. The van der Waals surface area contributed by atoms with E-state index in [1.165, 1.54) is 6.08 Å². The van der Waals surface area contributed by atoms with Crippen molar-refractivity contribution in [1.29, 1.82) is 0 Å². The smallest absolute Gasteiger partial charge is 0.335 e. The highest BCUT2D eigenvalue weighted by atomic mass is 16.3. The van der Waals surface area contributed by atoms with Gasteiger partial charge in [0.1, 0.15) is 17.1 Å². The molecule has 1 aliphatic heterocycles. The van der Waals surface area contributed by atoms with Crippen LogP contribution >= 0.6 is 0 Å². The SMILES string of the molecule is CCc1ccc(N2C(=O)NC(=O)C(=Cc3ccc(C)o3)C2=O)cc1. The summed E-state index contributed by atoms with van der Waals surface area (Å²) >= 11 is 0. The zero-order valence-electron chi connectivity index (χ0n) is 13.3. The number of furan rings is 1. The van der Waals surface area contributed by atoms with Crippen molar-refractivity contribution < 1.29 is 18.8 Å². The van der Waals surface area contributed by atoms with Crippen molar-refractivity contribution >= 4 is 29.6 Å². The molecule has 0 saturated carbocycles. The van der Waals surface area contributed by atoms with Crippen LogP contribution in [0.5, 0.6) is 0 Å². The van der Waals surface area contributed by atoms with Gasteiger partial charge >= 0.3 is 6.03 Å². The number of carbonyl (C=O) groups is 3. The number of hydrogen-bond donors (Lipinski definition) is 1. The first-order chi connectivity index (χ1) is 11.5. The van der Waals surface area contributed by atoms with Gasteiger partial charge < -0.3 is 4.42 Å². The van der Waals surface area contributed by atoms with Crippen molar-refractivity contribution in [3.05, 3.63) is 59.1 Å². The van der Waals surface area contributed by atoms with Gasteiger partial charge in [0, 0.05) is 0 Å². The third kappa shape index (κ3) is 2.86. The van der Waals surface area contributed by atoms with Gasteiger partial charge in [0.2, 0.25) is 0 Å². The van der Waals surface area contributed by atoms with Crippen LogP contribution in [0.15, 0.2) is 46.4 Å². The van der Waals surface area contributed by atoms with Gasteiger partial charge in [-0.3, -0.25) is 14.9 Å². The second kappa shape index (κ2) is 6.16. The molecule has 6 nitrogen and oxygen atoms in total. The third-order valence-corrected chi connectivity index (χ3v) is 3.75. The summed E-state index contributed by atoms with van der Waals surface area (Å²) in [5, 5.41) is 2.18. The number of amides is 4. The molecule has 1 aromatic heterocycles. The molecule has 2 aromatic rings. The summed E-state index contributed by atoms with van der Waals surface area (Å²) in [6.07, 6.45) is 2.19. The van der Waals surface area contributed by atoms with Crippen LogP contribution < -0.4 is 10.2 Å². The average molecular weight is 324 g/mol. The molecule has 0 aliphatic carbocycles. The number of nitrogens with zero attached hydrogens (tertiary/aromatic N) is 1. The van der Waals surface area contributed by atoms with Crippen molar-refractivity contribution in [3.63, 3.8) is 0 Å². The molecule has 0 bridgehead atoms. The molecule has 1 saturated heterocycles. The lowest BCUT2D eigenvalue weighted by Crippen LogP contribution is -2.54. The highest BCUT2D eigenvalue weighted by Gasteiger charge is 2.36. The van der Waals surface area contributed by atoms with Crippen LogP contribution in [0.3, 0.4) is 0 Å². The van der Waals surface area contributed by atoms with E-state index in [9.17, 15) is 14.4 Å². The number of benzene rings is 1. The van der Waals surface area contributed by atoms with E-state index in [0.29, 0.717) is 17.2 Å². The lowest BCUT2D eigenvalue weighted by molar-refractivity contribution is -0.122. The maximum atomic E-state index is 12.6. The van der Waals surface area contributed by atoms with Gasteiger partial charge in [-0.05, 0) is 49.2 Å². The van der Waals surface area contributed by atoms with Crippen molar-refractivity contribution in [2.45, 2.75) is 20.3 Å². The molecule has 1 aromatic carbocycles. The lowest BCUT2D eigenvalue weighted by atomic mass is 10.1. The molecule has 6 heteroatoms. The highest BCUT2D eigenvalue weighted by Crippen LogP contribution is 2.23. The molecule has 0 unspecified atom stereocenters. The summed E-state index contributed by atoms with van der Waals surface area (Å²) in [6, 6.07) is 9.66. The van der Waals surface area contributed by atoms with Crippen molar-refractivity contribution in [2.24, 2.45) is 0 Å². The quantitative estimate of drug-likeness (QED) is 0.695. The van der Waals surface area contributed by atoms with Gasteiger partial charge in [0.15, 0.2) is 0 Å². The summed E-state index contributed by atoms with van der Waals surface area (Å²) in [4.78, 5) is 37.7. The van der Waals surface area contributed by atoms with Crippen LogP contribution in [-0.4, -0.2) is 17.8 Å². The van der Waals surface area contributed by atoms with E-state index in [1.54, 1.807) is 31.2 Å². The zero-order valence-corrected chi connectivity index (χ0v) is 13.3. The highest BCUT2D eigenvalue weighted by molar-refractivity contribution is 6.39. The normalized spacial score (nSPS) is 16.7. The van der Waals surface area contributed by atoms with Crippen LogP contribution in [0.1, 0.15) is 24.0 Å². The largest absolute Gasteiger partial charge is 0.462 e. The van der Waals surface area contributed by atoms with Crippen molar-refractivity contribution in [1.82, 2.24) is 5.32 Å². The minimum Gasteiger partial charge on any atom is -0.462 e. The van der Waals surface area contributed by atoms with Gasteiger partial charge in [-0.25, -0.2) is 9.69 Å². The number of nitrogens with one attached hydrogen (secondary N) is 1. The minimum atomic E-state index is -0.762. The summed E-state index contributed by atoms with van der Waals surface area (Å²) in [6.45, 7) is 3.77.